The maximum Gasteiger partial charge on any atom is 0.191 e. The summed E-state index contributed by atoms with van der Waals surface area (Å²) < 4.78 is 21.0. The van der Waals surface area contributed by atoms with Gasteiger partial charge in [-0.3, -0.25) is 0 Å². The van der Waals surface area contributed by atoms with Gasteiger partial charge in [0.05, 0.1) is 0 Å². The SMILES string of the molecule is CCn1c(COc2ccc(Cl)cc2C)nnc1SCc1ccc(F)cc1Cl. The second-order valence-corrected chi connectivity index (χ2v) is 7.65. The first-order valence-corrected chi connectivity index (χ1v) is 10.1. The van der Waals surface area contributed by atoms with Crippen molar-refractivity contribution < 1.29 is 9.13 Å². The summed E-state index contributed by atoms with van der Waals surface area (Å²) >= 11 is 13.6. The molecule has 27 heavy (non-hydrogen) atoms. The Morgan fingerprint density at radius 3 is 2.67 bits per heavy atom. The molecule has 1 heterocycles. The smallest absolute Gasteiger partial charge is 0.191 e. The molecule has 0 saturated heterocycles. The van der Waals surface area contributed by atoms with Gasteiger partial charge in [-0.25, -0.2) is 4.39 Å². The number of rotatable bonds is 7. The average Bonchev–Trinajstić information content (AvgIpc) is 3.02. The van der Waals surface area contributed by atoms with E-state index < -0.39 is 0 Å². The molecule has 0 aliphatic carbocycles. The number of halogens is 3. The quantitative estimate of drug-likeness (QED) is 0.440. The van der Waals surface area contributed by atoms with Crippen LogP contribution in [0.1, 0.15) is 23.9 Å². The Hall–Kier alpha value is -1.76. The third-order valence-electron chi connectivity index (χ3n) is 3.98. The minimum Gasteiger partial charge on any atom is -0.485 e. The van der Waals surface area contributed by atoms with Crippen molar-refractivity contribution in [2.24, 2.45) is 0 Å². The minimum atomic E-state index is -0.345. The molecule has 0 atom stereocenters. The summed E-state index contributed by atoms with van der Waals surface area (Å²) in [4.78, 5) is 0. The maximum atomic E-state index is 13.2. The second kappa shape index (κ2) is 8.95. The monoisotopic (exact) mass is 425 g/mol. The third kappa shape index (κ3) is 4.94. The Kier molecular flexibility index (Phi) is 6.63. The molecule has 0 N–H and O–H groups in total. The van der Waals surface area contributed by atoms with Crippen LogP contribution in [-0.2, 0) is 18.9 Å². The maximum absolute atomic E-state index is 13.2. The summed E-state index contributed by atoms with van der Waals surface area (Å²) in [5, 5.41) is 10.4. The third-order valence-corrected chi connectivity index (χ3v) is 5.58. The Morgan fingerprint density at radius 1 is 1.15 bits per heavy atom. The van der Waals surface area contributed by atoms with Gasteiger partial charge in [0.15, 0.2) is 11.0 Å². The molecule has 0 spiro atoms. The summed E-state index contributed by atoms with van der Waals surface area (Å²) in [5.41, 5.74) is 1.81. The summed E-state index contributed by atoms with van der Waals surface area (Å²) in [6.45, 7) is 4.99. The first kappa shape index (κ1) is 20.0. The lowest BCUT2D eigenvalue weighted by atomic mass is 10.2. The van der Waals surface area contributed by atoms with Crippen LogP contribution in [0.3, 0.4) is 0 Å². The lowest BCUT2D eigenvalue weighted by molar-refractivity contribution is 0.286. The van der Waals surface area contributed by atoms with Crippen LogP contribution >= 0.6 is 35.0 Å². The Morgan fingerprint density at radius 2 is 1.96 bits per heavy atom. The Labute approximate surface area is 171 Å². The fourth-order valence-electron chi connectivity index (χ4n) is 2.55. The molecule has 0 bridgehead atoms. The van der Waals surface area contributed by atoms with E-state index >= 15 is 0 Å². The molecule has 0 aliphatic heterocycles. The zero-order valence-electron chi connectivity index (χ0n) is 14.9. The van der Waals surface area contributed by atoms with E-state index in [-0.39, 0.29) is 5.82 Å². The van der Waals surface area contributed by atoms with Gasteiger partial charge in [0.1, 0.15) is 18.2 Å². The highest BCUT2D eigenvalue weighted by Gasteiger charge is 2.13. The first-order chi connectivity index (χ1) is 13.0. The molecule has 1 aromatic heterocycles. The van der Waals surface area contributed by atoms with Crippen LogP contribution < -0.4 is 4.74 Å². The Balaban J connectivity index is 1.68. The fraction of sp³-hybridized carbons (Fsp3) is 0.263. The molecule has 3 aromatic rings. The van der Waals surface area contributed by atoms with Crippen molar-refractivity contribution in [1.29, 1.82) is 0 Å². The van der Waals surface area contributed by atoms with E-state index in [0.717, 1.165) is 27.9 Å². The molecule has 0 fully saturated rings. The predicted molar refractivity (Wildman–Crippen MR) is 107 cm³/mol. The highest BCUT2D eigenvalue weighted by atomic mass is 35.5. The summed E-state index contributed by atoms with van der Waals surface area (Å²) in [6, 6.07) is 9.90. The van der Waals surface area contributed by atoms with E-state index in [4.69, 9.17) is 27.9 Å². The number of ether oxygens (including phenoxy) is 1. The van der Waals surface area contributed by atoms with Crippen LogP contribution in [0.25, 0.3) is 0 Å². The van der Waals surface area contributed by atoms with E-state index in [1.54, 1.807) is 12.1 Å². The molecule has 0 amide bonds. The van der Waals surface area contributed by atoms with Crippen LogP contribution in [0.15, 0.2) is 41.6 Å². The molecule has 3 rings (SSSR count). The van der Waals surface area contributed by atoms with Gasteiger partial charge in [-0.15, -0.1) is 10.2 Å². The van der Waals surface area contributed by atoms with Gasteiger partial charge in [-0.05, 0) is 55.3 Å². The summed E-state index contributed by atoms with van der Waals surface area (Å²) in [7, 11) is 0. The van der Waals surface area contributed by atoms with E-state index in [1.807, 2.05) is 30.5 Å². The van der Waals surface area contributed by atoms with Gasteiger partial charge in [-0.1, -0.05) is 41.0 Å². The van der Waals surface area contributed by atoms with Crippen molar-refractivity contribution in [3.63, 3.8) is 0 Å². The number of aromatic nitrogens is 3. The molecule has 8 heteroatoms. The molecule has 4 nitrogen and oxygen atoms in total. The molecule has 142 valence electrons. The van der Waals surface area contributed by atoms with Crippen molar-refractivity contribution in [1.82, 2.24) is 14.8 Å². The van der Waals surface area contributed by atoms with Gasteiger partial charge < -0.3 is 9.30 Å². The fourth-order valence-corrected chi connectivity index (χ4v) is 4.11. The zero-order chi connectivity index (χ0) is 19.4. The molecular weight excluding hydrogens is 408 g/mol. The van der Waals surface area contributed by atoms with Crippen molar-refractivity contribution in [2.75, 3.05) is 0 Å². The molecular formula is C19H18Cl2FN3OS. The number of hydrogen-bond donors (Lipinski definition) is 0. The lowest BCUT2D eigenvalue weighted by Gasteiger charge is -2.11. The minimum absolute atomic E-state index is 0.307. The number of nitrogens with zero attached hydrogens (tertiary/aromatic N) is 3. The van der Waals surface area contributed by atoms with Crippen LogP contribution in [0.4, 0.5) is 4.39 Å². The molecule has 0 saturated carbocycles. The van der Waals surface area contributed by atoms with Gasteiger partial charge in [0, 0.05) is 22.3 Å². The van der Waals surface area contributed by atoms with Crippen molar-refractivity contribution in [2.45, 2.75) is 37.9 Å². The highest BCUT2D eigenvalue weighted by Crippen LogP contribution is 2.27. The average molecular weight is 426 g/mol. The molecule has 0 unspecified atom stereocenters. The molecule has 2 aromatic carbocycles. The normalized spacial score (nSPS) is 11.0. The van der Waals surface area contributed by atoms with Crippen LogP contribution in [-0.4, -0.2) is 14.8 Å². The van der Waals surface area contributed by atoms with Crippen molar-refractivity contribution in [3.05, 3.63) is 69.2 Å². The number of thioether (sulfide) groups is 1. The highest BCUT2D eigenvalue weighted by molar-refractivity contribution is 7.98. The summed E-state index contributed by atoms with van der Waals surface area (Å²) in [6.07, 6.45) is 0. The Bertz CT molecular complexity index is 876. The van der Waals surface area contributed by atoms with Gasteiger partial charge >= 0.3 is 0 Å². The van der Waals surface area contributed by atoms with Crippen LogP contribution in [0.5, 0.6) is 5.75 Å². The standard InChI is InChI=1S/C19H18Cl2FN3OS/c1-3-25-18(10-26-17-7-5-14(20)8-12(17)2)23-24-19(25)27-11-13-4-6-15(22)9-16(13)21/h4-9H,3,10-11H2,1-2H3. The first-order valence-electron chi connectivity index (χ1n) is 8.35. The van der Waals surface area contributed by atoms with E-state index in [1.165, 1.54) is 23.9 Å². The van der Waals surface area contributed by atoms with Crippen molar-refractivity contribution in [3.8, 4) is 5.75 Å². The second-order valence-electron chi connectivity index (χ2n) is 5.87. The van der Waals surface area contributed by atoms with E-state index in [9.17, 15) is 4.39 Å². The number of hydrogen-bond acceptors (Lipinski definition) is 4. The predicted octanol–water partition coefficient (Wildman–Crippen LogP) is 5.92. The van der Waals surface area contributed by atoms with Gasteiger partial charge in [-0.2, -0.15) is 0 Å². The summed E-state index contributed by atoms with van der Waals surface area (Å²) in [5.74, 6) is 1.73. The van der Waals surface area contributed by atoms with E-state index in [2.05, 4.69) is 10.2 Å². The molecule has 0 aliphatic rings. The van der Waals surface area contributed by atoms with Gasteiger partial charge in [0.2, 0.25) is 0 Å². The largest absolute Gasteiger partial charge is 0.485 e. The topological polar surface area (TPSA) is 39.9 Å². The lowest BCUT2D eigenvalue weighted by Crippen LogP contribution is -2.07. The molecule has 0 radical (unpaired) electrons. The number of aryl methyl sites for hydroxylation is 1. The van der Waals surface area contributed by atoms with Gasteiger partial charge in [0.25, 0.3) is 0 Å². The zero-order valence-corrected chi connectivity index (χ0v) is 17.2. The van der Waals surface area contributed by atoms with Crippen molar-refractivity contribution >= 4 is 35.0 Å². The van der Waals surface area contributed by atoms with Crippen LogP contribution in [0.2, 0.25) is 10.0 Å². The number of benzene rings is 2. The van der Waals surface area contributed by atoms with Crippen LogP contribution in [0, 0.1) is 12.7 Å². The van der Waals surface area contributed by atoms with E-state index in [0.29, 0.717) is 28.9 Å².